The summed E-state index contributed by atoms with van der Waals surface area (Å²) in [5, 5.41) is 0. The molecule has 1 heterocycles. The SMILES string of the molecule is COc1ccc2c(c1)C(C(C)N)C(C)O2. The van der Waals surface area contributed by atoms with Gasteiger partial charge in [-0.3, -0.25) is 0 Å². The van der Waals surface area contributed by atoms with Gasteiger partial charge in [0.1, 0.15) is 17.6 Å². The fourth-order valence-corrected chi connectivity index (χ4v) is 2.26. The molecule has 0 spiro atoms. The number of fused-ring (bicyclic) bond motifs is 1. The molecule has 0 saturated carbocycles. The Bertz CT molecular complexity index is 363. The molecule has 1 aromatic carbocycles. The lowest BCUT2D eigenvalue weighted by Crippen LogP contribution is -2.30. The number of rotatable bonds is 2. The summed E-state index contributed by atoms with van der Waals surface area (Å²) in [4.78, 5) is 0. The third kappa shape index (κ3) is 1.67. The van der Waals surface area contributed by atoms with E-state index in [1.807, 2.05) is 25.1 Å². The molecular formula is C12H17NO2. The van der Waals surface area contributed by atoms with Gasteiger partial charge in [0.15, 0.2) is 0 Å². The van der Waals surface area contributed by atoms with Crippen LogP contribution in [0.25, 0.3) is 0 Å². The number of hydrogen-bond donors (Lipinski definition) is 1. The highest BCUT2D eigenvalue weighted by Crippen LogP contribution is 2.41. The number of ether oxygens (including phenoxy) is 2. The summed E-state index contributed by atoms with van der Waals surface area (Å²) in [6, 6.07) is 5.98. The molecule has 1 aliphatic heterocycles. The molecule has 0 radical (unpaired) electrons. The van der Waals surface area contributed by atoms with Crippen molar-refractivity contribution in [1.82, 2.24) is 0 Å². The zero-order valence-electron chi connectivity index (χ0n) is 9.36. The summed E-state index contributed by atoms with van der Waals surface area (Å²) < 4.78 is 11.0. The van der Waals surface area contributed by atoms with Gasteiger partial charge in [0.2, 0.25) is 0 Å². The van der Waals surface area contributed by atoms with Gasteiger partial charge in [0, 0.05) is 17.5 Å². The predicted molar refractivity (Wildman–Crippen MR) is 59.5 cm³/mol. The summed E-state index contributed by atoms with van der Waals surface area (Å²) in [6.07, 6.45) is 0.145. The third-order valence-corrected chi connectivity index (χ3v) is 2.96. The Morgan fingerprint density at radius 3 is 2.80 bits per heavy atom. The summed E-state index contributed by atoms with van der Waals surface area (Å²) in [6.45, 7) is 4.07. The molecule has 0 fully saturated rings. The van der Waals surface area contributed by atoms with E-state index in [4.69, 9.17) is 15.2 Å². The Kier molecular flexibility index (Phi) is 2.57. The van der Waals surface area contributed by atoms with Crippen molar-refractivity contribution in [3.05, 3.63) is 23.8 Å². The second kappa shape index (κ2) is 3.74. The lowest BCUT2D eigenvalue weighted by Gasteiger charge is -2.18. The summed E-state index contributed by atoms with van der Waals surface area (Å²) in [7, 11) is 1.67. The Morgan fingerprint density at radius 1 is 1.47 bits per heavy atom. The number of hydrogen-bond acceptors (Lipinski definition) is 3. The van der Waals surface area contributed by atoms with E-state index in [0.717, 1.165) is 17.1 Å². The van der Waals surface area contributed by atoms with Crippen LogP contribution in [0.2, 0.25) is 0 Å². The molecule has 0 saturated heterocycles. The number of benzene rings is 1. The molecule has 0 amide bonds. The maximum Gasteiger partial charge on any atom is 0.123 e. The lowest BCUT2D eigenvalue weighted by atomic mass is 9.90. The molecule has 0 aliphatic carbocycles. The van der Waals surface area contributed by atoms with Crippen LogP contribution >= 0.6 is 0 Å². The first-order chi connectivity index (χ1) is 7.13. The first kappa shape index (κ1) is 10.3. The Labute approximate surface area is 90.2 Å². The zero-order valence-corrected chi connectivity index (χ0v) is 9.36. The van der Waals surface area contributed by atoms with Gasteiger partial charge in [-0.1, -0.05) is 0 Å². The quantitative estimate of drug-likeness (QED) is 0.805. The first-order valence-electron chi connectivity index (χ1n) is 5.23. The van der Waals surface area contributed by atoms with Gasteiger partial charge in [-0.2, -0.15) is 0 Å². The standard InChI is InChI=1S/C12H17NO2/c1-7(13)12-8(2)15-11-5-4-9(14-3)6-10(11)12/h4-8,12H,13H2,1-3H3. The van der Waals surface area contributed by atoms with Crippen LogP contribution in [0.5, 0.6) is 11.5 Å². The molecule has 2 rings (SSSR count). The number of methoxy groups -OCH3 is 1. The van der Waals surface area contributed by atoms with Gasteiger partial charge in [-0.25, -0.2) is 0 Å². The van der Waals surface area contributed by atoms with E-state index >= 15 is 0 Å². The fraction of sp³-hybridized carbons (Fsp3) is 0.500. The second-order valence-corrected chi connectivity index (χ2v) is 4.11. The molecule has 3 heteroatoms. The molecular weight excluding hydrogens is 190 g/mol. The minimum Gasteiger partial charge on any atom is -0.497 e. The summed E-state index contributed by atoms with van der Waals surface area (Å²) >= 11 is 0. The topological polar surface area (TPSA) is 44.5 Å². The van der Waals surface area contributed by atoms with Crippen LogP contribution in [-0.2, 0) is 0 Å². The van der Waals surface area contributed by atoms with E-state index in [0.29, 0.717) is 0 Å². The molecule has 15 heavy (non-hydrogen) atoms. The van der Waals surface area contributed by atoms with E-state index in [1.54, 1.807) is 7.11 Å². The van der Waals surface area contributed by atoms with Crippen LogP contribution in [-0.4, -0.2) is 19.3 Å². The van der Waals surface area contributed by atoms with Crippen LogP contribution in [0.1, 0.15) is 25.3 Å². The Morgan fingerprint density at radius 2 is 2.20 bits per heavy atom. The van der Waals surface area contributed by atoms with Crippen molar-refractivity contribution in [2.45, 2.75) is 31.9 Å². The first-order valence-corrected chi connectivity index (χ1v) is 5.23. The number of nitrogens with two attached hydrogens (primary N) is 1. The highest BCUT2D eigenvalue weighted by atomic mass is 16.5. The lowest BCUT2D eigenvalue weighted by molar-refractivity contribution is 0.215. The second-order valence-electron chi connectivity index (χ2n) is 4.11. The van der Waals surface area contributed by atoms with E-state index in [1.165, 1.54) is 0 Å². The smallest absolute Gasteiger partial charge is 0.123 e. The average Bonchev–Trinajstić information content (AvgIpc) is 2.52. The Balaban J connectivity index is 2.41. The van der Waals surface area contributed by atoms with Crippen LogP contribution in [0.15, 0.2) is 18.2 Å². The van der Waals surface area contributed by atoms with Crippen molar-refractivity contribution in [3.63, 3.8) is 0 Å². The highest BCUT2D eigenvalue weighted by molar-refractivity contribution is 5.46. The van der Waals surface area contributed by atoms with Crippen molar-refractivity contribution in [1.29, 1.82) is 0 Å². The van der Waals surface area contributed by atoms with Gasteiger partial charge in [0.05, 0.1) is 7.11 Å². The van der Waals surface area contributed by atoms with Crippen LogP contribution in [0, 0.1) is 0 Å². The third-order valence-electron chi connectivity index (χ3n) is 2.96. The minimum atomic E-state index is 0.0911. The van der Waals surface area contributed by atoms with Crippen molar-refractivity contribution in [3.8, 4) is 11.5 Å². The molecule has 0 aromatic heterocycles. The molecule has 3 atom stereocenters. The fourth-order valence-electron chi connectivity index (χ4n) is 2.26. The van der Waals surface area contributed by atoms with E-state index in [9.17, 15) is 0 Å². The monoisotopic (exact) mass is 207 g/mol. The van der Waals surface area contributed by atoms with Crippen molar-refractivity contribution in [2.75, 3.05) is 7.11 Å². The van der Waals surface area contributed by atoms with Gasteiger partial charge in [0.25, 0.3) is 0 Å². The summed E-state index contributed by atoms with van der Waals surface area (Å²) in [5.41, 5.74) is 7.14. The van der Waals surface area contributed by atoms with E-state index < -0.39 is 0 Å². The zero-order chi connectivity index (χ0) is 11.0. The minimum absolute atomic E-state index is 0.0911. The van der Waals surface area contributed by atoms with Gasteiger partial charge >= 0.3 is 0 Å². The molecule has 2 N–H and O–H groups in total. The van der Waals surface area contributed by atoms with Crippen molar-refractivity contribution >= 4 is 0 Å². The van der Waals surface area contributed by atoms with Gasteiger partial charge < -0.3 is 15.2 Å². The van der Waals surface area contributed by atoms with Crippen LogP contribution in [0.4, 0.5) is 0 Å². The molecule has 0 bridgehead atoms. The van der Waals surface area contributed by atoms with Crippen LogP contribution < -0.4 is 15.2 Å². The normalized spacial score (nSPS) is 25.6. The Hall–Kier alpha value is -1.22. The highest BCUT2D eigenvalue weighted by Gasteiger charge is 2.33. The molecule has 1 aliphatic rings. The van der Waals surface area contributed by atoms with Crippen molar-refractivity contribution < 1.29 is 9.47 Å². The molecule has 1 aromatic rings. The average molecular weight is 207 g/mol. The van der Waals surface area contributed by atoms with Crippen LogP contribution in [0.3, 0.4) is 0 Å². The molecule has 3 nitrogen and oxygen atoms in total. The van der Waals surface area contributed by atoms with E-state index in [-0.39, 0.29) is 18.1 Å². The maximum absolute atomic E-state index is 5.97. The predicted octanol–water partition coefficient (Wildman–Crippen LogP) is 1.91. The van der Waals surface area contributed by atoms with Gasteiger partial charge in [-0.15, -0.1) is 0 Å². The molecule has 3 unspecified atom stereocenters. The van der Waals surface area contributed by atoms with E-state index in [2.05, 4.69) is 6.92 Å². The van der Waals surface area contributed by atoms with Crippen molar-refractivity contribution in [2.24, 2.45) is 5.73 Å². The summed E-state index contributed by atoms with van der Waals surface area (Å²) in [5.74, 6) is 2.05. The molecule has 82 valence electrons. The van der Waals surface area contributed by atoms with Gasteiger partial charge in [-0.05, 0) is 32.0 Å². The largest absolute Gasteiger partial charge is 0.497 e. The maximum atomic E-state index is 5.97.